The van der Waals surface area contributed by atoms with Crippen molar-refractivity contribution in [1.29, 1.82) is 5.26 Å². The van der Waals surface area contributed by atoms with Crippen molar-refractivity contribution < 1.29 is 9.47 Å². The van der Waals surface area contributed by atoms with Crippen LogP contribution in [-0.2, 0) is 0 Å². The molecular formula is C18H13IN4O4. The van der Waals surface area contributed by atoms with Gasteiger partial charge in [-0.15, -0.1) is 4.68 Å². The molecule has 1 heterocycles. The van der Waals surface area contributed by atoms with Gasteiger partial charge in [-0.3, -0.25) is 4.79 Å². The summed E-state index contributed by atoms with van der Waals surface area (Å²) in [5.74, 6) is 0.857. The Labute approximate surface area is 166 Å². The molecule has 0 aliphatic carbocycles. The predicted octanol–water partition coefficient (Wildman–Crippen LogP) is 2.09. The van der Waals surface area contributed by atoms with Gasteiger partial charge in [-0.1, -0.05) is 12.1 Å². The minimum atomic E-state index is -0.634. The maximum absolute atomic E-state index is 12.5. The van der Waals surface area contributed by atoms with E-state index in [1.807, 2.05) is 28.7 Å². The number of halogens is 1. The van der Waals surface area contributed by atoms with E-state index in [1.165, 1.54) is 13.3 Å². The minimum Gasteiger partial charge on any atom is -0.493 e. The van der Waals surface area contributed by atoms with Crippen LogP contribution in [0.3, 0.4) is 0 Å². The van der Waals surface area contributed by atoms with Crippen LogP contribution in [0.15, 0.2) is 51.1 Å². The van der Waals surface area contributed by atoms with Crippen LogP contribution in [0.1, 0.15) is 5.56 Å². The average Bonchev–Trinajstić information content (AvgIpc) is 2.66. The second kappa shape index (κ2) is 8.05. The first kappa shape index (κ1) is 18.7. The van der Waals surface area contributed by atoms with Crippen molar-refractivity contribution in [2.45, 2.75) is 0 Å². The smallest absolute Gasteiger partial charge is 0.349 e. The number of ether oxygens (including phenoxy) is 2. The van der Waals surface area contributed by atoms with Gasteiger partial charge >= 0.3 is 5.69 Å². The van der Waals surface area contributed by atoms with Crippen molar-refractivity contribution in [3.05, 3.63) is 66.4 Å². The molecule has 0 radical (unpaired) electrons. The highest BCUT2D eigenvalue weighted by atomic mass is 127. The van der Waals surface area contributed by atoms with Crippen LogP contribution in [0.4, 0.5) is 0 Å². The van der Waals surface area contributed by atoms with Crippen LogP contribution in [0.2, 0.25) is 0 Å². The van der Waals surface area contributed by atoms with E-state index in [0.29, 0.717) is 31.5 Å². The van der Waals surface area contributed by atoms with Gasteiger partial charge in [-0.25, -0.2) is 4.79 Å². The lowest BCUT2D eigenvalue weighted by molar-refractivity contribution is 0.327. The van der Waals surface area contributed by atoms with E-state index in [4.69, 9.17) is 14.7 Å². The zero-order chi connectivity index (χ0) is 19.4. The highest BCUT2D eigenvalue weighted by Gasteiger charge is 2.11. The van der Waals surface area contributed by atoms with Gasteiger partial charge < -0.3 is 14.5 Å². The lowest BCUT2D eigenvalue weighted by Crippen LogP contribution is -2.32. The number of nitriles is 1. The average molecular weight is 476 g/mol. The molecule has 1 aromatic heterocycles. The summed E-state index contributed by atoms with van der Waals surface area (Å²) in [5, 5.41) is 13.0. The van der Waals surface area contributed by atoms with Crippen LogP contribution in [-0.4, -0.2) is 29.6 Å². The molecule has 1 N–H and O–H groups in total. The molecule has 0 bridgehead atoms. The SMILES string of the molecule is COc1cc(C=Nn2c(=O)[nH]c3ccccc3c2=O)cc(I)c1OCC#N. The van der Waals surface area contributed by atoms with Crippen molar-refractivity contribution in [3.8, 4) is 17.6 Å². The summed E-state index contributed by atoms with van der Waals surface area (Å²) in [7, 11) is 1.48. The number of aromatic amines is 1. The number of methoxy groups -OCH3 is 1. The molecule has 0 atom stereocenters. The normalized spacial score (nSPS) is 10.9. The molecule has 136 valence electrons. The summed E-state index contributed by atoms with van der Waals surface area (Å²) in [6, 6.07) is 12.0. The number of benzene rings is 2. The third-order valence-corrected chi connectivity index (χ3v) is 4.44. The van der Waals surface area contributed by atoms with Gasteiger partial charge in [0.25, 0.3) is 5.56 Å². The molecule has 9 heteroatoms. The molecule has 0 unspecified atom stereocenters. The Morgan fingerprint density at radius 3 is 2.85 bits per heavy atom. The molecular weight excluding hydrogens is 463 g/mol. The van der Waals surface area contributed by atoms with Gasteiger partial charge in [0, 0.05) is 0 Å². The summed E-state index contributed by atoms with van der Waals surface area (Å²) < 4.78 is 12.1. The fourth-order valence-corrected chi connectivity index (χ4v) is 3.22. The number of nitrogens with zero attached hydrogens (tertiary/aromatic N) is 3. The Bertz CT molecular complexity index is 1190. The summed E-state index contributed by atoms with van der Waals surface area (Å²) >= 11 is 2.04. The molecule has 0 fully saturated rings. The standard InChI is InChI=1S/C18H13IN4O4/c1-26-15-9-11(8-13(19)16(15)27-7-6-20)10-21-23-17(24)12-4-2-3-5-14(12)22-18(23)25/h2-5,8-10H,7H2,1H3,(H,22,25). The van der Waals surface area contributed by atoms with Crippen LogP contribution in [0.25, 0.3) is 10.9 Å². The van der Waals surface area contributed by atoms with Gasteiger partial charge in [0.15, 0.2) is 18.1 Å². The molecule has 27 heavy (non-hydrogen) atoms. The Kier molecular flexibility index (Phi) is 5.56. The largest absolute Gasteiger partial charge is 0.493 e. The molecule has 0 amide bonds. The Morgan fingerprint density at radius 2 is 2.11 bits per heavy atom. The number of hydrogen-bond acceptors (Lipinski definition) is 6. The van der Waals surface area contributed by atoms with Gasteiger partial charge in [-0.05, 0) is 52.4 Å². The van der Waals surface area contributed by atoms with E-state index >= 15 is 0 Å². The first-order chi connectivity index (χ1) is 13.0. The summed E-state index contributed by atoms with van der Waals surface area (Å²) in [6.07, 6.45) is 1.38. The number of nitrogens with one attached hydrogen (secondary N) is 1. The maximum atomic E-state index is 12.5. The first-order valence-corrected chi connectivity index (χ1v) is 8.78. The highest BCUT2D eigenvalue weighted by Crippen LogP contribution is 2.33. The number of para-hydroxylation sites is 1. The Morgan fingerprint density at radius 1 is 1.33 bits per heavy atom. The first-order valence-electron chi connectivity index (χ1n) is 7.71. The number of rotatable bonds is 5. The van der Waals surface area contributed by atoms with Crippen LogP contribution < -0.4 is 20.7 Å². The van der Waals surface area contributed by atoms with Gasteiger partial charge in [-0.2, -0.15) is 10.4 Å². The van der Waals surface area contributed by atoms with Crippen molar-refractivity contribution in [3.63, 3.8) is 0 Å². The number of fused-ring (bicyclic) bond motifs is 1. The van der Waals surface area contributed by atoms with E-state index in [9.17, 15) is 9.59 Å². The predicted molar refractivity (Wildman–Crippen MR) is 109 cm³/mol. The zero-order valence-corrected chi connectivity index (χ0v) is 16.3. The van der Waals surface area contributed by atoms with E-state index in [1.54, 1.807) is 36.4 Å². The topological polar surface area (TPSA) is 109 Å². The number of aromatic nitrogens is 2. The third-order valence-electron chi connectivity index (χ3n) is 3.64. The van der Waals surface area contributed by atoms with Crippen molar-refractivity contribution in [2.75, 3.05) is 13.7 Å². The van der Waals surface area contributed by atoms with Crippen LogP contribution in [0.5, 0.6) is 11.5 Å². The molecule has 0 saturated heterocycles. The summed E-state index contributed by atoms with van der Waals surface area (Å²) in [6.45, 7) is -0.109. The number of H-pyrrole nitrogens is 1. The fourth-order valence-electron chi connectivity index (χ4n) is 2.44. The lowest BCUT2D eigenvalue weighted by Gasteiger charge is -2.11. The molecule has 3 aromatic rings. The van der Waals surface area contributed by atoms with Crippen LogP contribution in [0, 0.1) is 14.9 Å². The highest BCUT2D eigenvalue weighted by molar-refractivity contribution is 14.1. The quantitative estimate of drug-likeness (QED) is 0.448. The fraction of sp³-hybridized carbons (Fsp3) is 0.111. The molecule has 0 aliphatic rings. The van der Waals surface area contributed by atoms with Gasteiger partial charge in [0.05, 0.1) is 27.8 Å². The van der Waals surface area contributed by atoms with Crippen molar-refractivity contribution in [2.24, 2.45) is 5.10 Å². The molecule has 0 saturated carbocycles. The van der Waals surface area contributed by atoms with E-state index in [0.717, 1.165) is 4.68 Å². The Hall–Kier alpha value is -3.13. The monoisotopic (exact) mass is 476 g/mol. The Balaban J connectivity index is 2.03. The maximum Gasteiger partial charge on any atom is 0.349 e. The van der Waals surface area contributed by atoms with E-state index < -0.39 is 11.2 Å². The lowest BCUT2D eigenvalue weighted by atomic mass is 10.2. The van der Waals surface area contributed by atoms with E-state index in [-0.39, 0.29) is 6.61 Å². The minimum absolute atomic E-state index is 0.109. The number of hydrogen-bond donors (Lipinski definition) is 1. The molecule has 3 rings (SSSR count). The second-order valence-electron chi connectivity index (χ2n) is 5.32. The third kappa shape index (κ3) is 3.85. The molecule has 2 aromatic carbocycles. The van der Waals surface area contributed by atoms with Gasteiger partial charge in [0.2, 0.25) is 0 Å². The summed E-state index contributed by atoms with van der Waals surface area (Å²) in [5.41, 5.74) is -0.0963. The molecule has 8 nitrogen and oxygen atoms in total. The van der Waals surface area contributed by atoms with Gasteiger partial charge in [0.1, 0.15) is 6.07 Å². The molecule has 0 aliphatic heterocycles. The van der Waals surface area contributed by atoms with Crippen molar-refractivity contribution >= 4 is 39.7 Å². The van der Waals surface area contributed by atoms with Crippen LogP contribution >= 0.6 is 22.6 Å². The zero-order valence-electron chi connectivity index (χ0n) is 14.1. The summed E-state index contributed by atoms with van der Waals surface area (Å²) in [4.78, 5) is 27.3. The second-order valence-corrected chi connectivity index (χ2v) is 6.48. The molecule has 0 spiro atoms. The van der Waals surface area contributed by atoms with Crippen molar-refractivity contribution in [1.82, 2.24) is 9.66 Å². The van der Waals surface area contributed by atoms with E-state index in [2.05, 4.69) is 10.1 Å².